The van der Waals surface area contributed by atoms with E-state index in [0.29, 0.717) is 49.9 Å². The lowest BCUT2D eigenvalue weighted by molar-refractivity contribution is -0.215. The van der Waals surface area contributed by atoms with Gasteiger partial charge in [-0.05, 0) is 99.7 Å². The van der Waals surface area contributed by atoms with Crippen LogP contribution in [-0.2, 0) is 22.7 Å². The summed E-state index contributed by atoms with van der Waals surface area (Å²) in [5.41, 5.74) is 3.33. The van der Waals surface area contributed by atoms with Crippen molar-refractivity contribution in [3.63, 3.8) is 0 Å². The number of hydrogen-bond acceptors (Lipinski definition) is 5. The molecule has 4 bridgehead atoms. The number of anilines is 1. The van der Waals surface area contributed by atoms with E-state index >= 15 is 0 Å². The third-order valence-corrected chi connectivity index (χ3v) is 11.7. The molecule has 0 N–H and O–H groups in total. The summed E-state index contributed by atoms with van der Waals surface area (Å²) < 4.78 is 22.2. The Morgan fingerprint density at radius 2 is 1.74 bits per heavy atom. The minimum atomic E-state index is -1.01. The van der Waals surface area contributed by atoms with Crippen LogP contribution in [0, 0.1) is 10.8 Å². The minimum absolute atomic E-state index is 0.0949. The van der Waals surface area contributed by atoms with E-state index in [0.717, 1.165) is 49.8 Å². The number of amides is 1. The highest BCUT2D eigenvalue weighted by atomic mass is 19.1. The molecule has 10 rings (SSSR count). The van der Waals surface area contributed by atoms with Crippen LogP contribution in [0.15, 0.2) is 34.9 Å². The average molecular weight is 586 g/mol. The Balaban J connectivity index is 1.06. The lowest BCUT2D eigenvalue weighted by Crippen LogP contribution is -2.65. The van der Waals surface area contributed by atoms with E-state index in [-0.39, 0.29) is 27.6 Å². The van der Waals surface area contributed by atoms with Crippen molar-refractivity contribution in [1.82, 2.24) is 19.9 Å². The molecule has 43 heavy (non-hydrogen) atoms. The van der Waals surface area contributed by atoms with E-state index in [4.69, 9.17) is 9.62 Å². The van der Waals surface area contributed by atoms with Gasteiger partial charge in [0.15, 0.2) is 0 Å². The van der Waals surface area contributed by atoms with Crippen LogP contribution in [0.2, 0.25) is 0 Å². The molecule has 3 aromatic rings. The SMILES string of the molecule is Cn1nc(C2CC2)cc1C12CCC(CN(C(=O)CC34CC(F)(C3)C4)c3cccc(-c4noc(C(C)(C)C)n4)c3)(CC1)CC2. The van der Waals surface area contributed by atoms with Gasteiger partial charge in [0, 0.05) is 53.7 Å². The van der Waals surface area contributed by atoms with E-state index in [1.54, 1.807) is 0 Å². The summed E-state index contributed by atoms with van der Waals surface area (Å²) in [5.74, 6) is 1.92. The molecule has 7 fully saturated rings. The fourth-order valence-corrected chi connectivity index (χ4v) is 9.03. The number of fused-ring (bicyclic) bond motifs is 3. The second kappa shape index (κ2) is 9.01. The lowest BCUT2D eigenvalue weighted by atomic mass is 9.41. The molecular formula is C35H44FN5O2. The third kappa shape index (κ3) is 4.57. The summed E-state index contributed by atoms with van der Waals surface area (Å²) in [6.07, 6.45) is 11.4. The Labute approximate surface area is 253 Å². The van der Waals surface area contributed by atoms with Crippen LogP contribution in [-0.4, -0.2) is 38.0 Å². The minimum Gasteiger partial charge on any atom is -0.338 e. The van der Waals surface area contributed by atoms with Gasteiger partial charge in [-0.2, -0.15) is 10.1 Å². The predicted molar refractivity (Wildman–Crippen MR) is 163 cm³/mol. The quantitative estimate of drug-likeness (QED) is 0.273. The van der Waals surface area contributed by atoms with Gasteiger partial charge in [-0.25, -0.2) is 4.39 Å². The fraction of sp³-hybridized carbons (Fsp3) is 0.657. The second-order valence-corrected chi connectivity index (χ2v) is 16.2. The Bertz CT molecular complexity index is 1550. The zero-order chi connectivity index (χ0) is 29.8. The van der Waals surface area contributed by atoms with Crippen molar-refractivity contribution in [2.45, 2.75) is 120 Å². The van der Waals surface area contributed by atoms with Gasteiger partial charge in [0.1, 0.15) is 5.67 Å². The van der Waals surface area contributed by atoms with Gasteiger partial charge >= 0.3 is 0 Å². The monoisotopic (exact) mass is 585 g/mol. The van der Waals surface area contributed by atoms with E-state index in [9.17, 15) is 9.18 Å². The number of rotatable bonds is 8. The van der Waals surface area contributed by atoms with Gasteiger partial charge in [0.2, 0.25) is 17.6 Å². The zero-order valence-electron chi connectivity index (χ0n) is 26.1. The first-order valence-electron chi connectivity index (χ1n) is 16.4. The maximum Gasteiger partial charge on any atom is 0.232 e. The molecule has 0 radical (unpaired) electrons. The molecule has 7 aliphatic carbocycles. The Morgan fingerprint density at radius 1 is 1.05 bits per heavy atom. The van der Waals surface area contributed by atoms with Gasteiger partial charge in [-0.3, -0.25) is 9.48 Å². The number of nitrogens with zero attached hydrogens (tertiary/aromatic N) is 5. The standard InChI is InChI=1S/C35H44FN5O2/c1-31(2,3)30-37-29(39-43-30)24-6-5-7-25(16-24)41(28(42)18-33-19-35(36,20-33)21-33)22-32-10-13-34(14-11-32,15-12-32)27-17-26(23-8-9-23)38-40(27)4/h5-7,16-17,23H,8-15,18-22H2,1-4H3. The molecule has 2 heterocycles. The highest BCUT2D eigenvalue weighted by Crippen LogP contribution is 2.71. The zero-order valence-corrected chi connectivity index (χ0v) is 26.1. The third-order valence-electron chi connectivity index (χ3n) is 11.7. The number of halogens is 1. The molecule has 0 atom stereocenters. The van der Waals surface area contributed by atoms with Crippen molar-refractivity contribution in [3.8, 4) is 11.4 Å². The first kappa shape index (κ1) is 27.5. The van der Waals surface area contributed by atoms with Gasteiger partial charge in [-0.15, -0.1) is 0 Å². The molecule has 1 aromatic carbocycles. The molecule has 0 spiro atoms. The van der Waals surface area contributed by atoms with Gasteiger partial charge < -0.3 is 9.42 Å². The van der Waals surface area contributed by atoms with Crippen molar-refractivity contribution >= 4 is 11.6 Å². The first-order valence-corrected chi connectivity index (χ1v) is 16.4. The number of carbonyl (C=O) groups excluding carboxylic acids is 1. The Morgan fingerprint density at radius 3 is 2.35 bits per heavy atom. The topological polar surface area (TPSA) is 77.0 Å². The molecule has 7 saturated carbocycles. The van der Waals surface area contributed by atoms with Crippen LogP contribution in [0.3, 0.4) is 0 Å². The number of carbonyl (C=O) groups is 1. The predicted octanol–water partition coefficient (Wildman–Crippen LogP) is 7.55. The van der Waals surface area contributed by atoms with E-state index < -0.39 is 5.67 Å². The summed E-state index contributed by atoms with van der Waals surface area (Å²) in [6.45, 7) is 6.86. The highest BCUT2D eigenvalue weighted by molar-refractivity contribution is 5.94. The van der Waals surface area contributed by atoms with Crippen LogP contribution >= 0.6 is 0 Å². The average Bonchev–Trinajstić information content (AvgIpc) is 3.52. The van der Waals surface area contributed by atoms with Crippen LogP contribution < -0.4 is 4.90 Å². The van der Waals surface area contributed by atoms with Crippen molar-refractivity contribution in [3.05, 3.63) is 47.6 Å². The second-order valence-electron chi connectivity index (χ2n) is 16.2. The highest BCUT2D eigenvalue weighted by Gasteiger charge is 2.69. The molecule has 8 heteroatoms. The van der Waals surface area contributed by atoms with E-state index in [1.165, 1.54) is 24.2 Å². The molecule has 0 unspecified atom stereocenters. The Kier molecular flexibility index (Phi) is 5.76. The molecule has 0 aliphatic heterocycles. The van der Waals surface area contributed by atoms with Crippen LogP contribution in [0.1, 0.15) is 121 Å². The normalized spacial score (nSPS) is 32.8. The summed E-state index contributed by atoms with van der Waals surface area (Å²) in [7, 11) is 2.13. The lowest BCUT2D eigenvalue weighted by Gasteiger charge is -2.66. The van der Waals surface area contributed by atoms with E-state index in [2.05, 4.69) is 48.7 Å². The molecule has 2 aromatic heterocycles. The van der Waals surface area contributed by atoms with Crippen molar-refractivity contribution in [1.29, 1.82) is 0 Å². The molecule has 7 nitrogen and oxygen atoms in total. The van der Waals surface area contributed by atoms with Crippen LogP contribution in [0.5, 0.6) is 0 Å². The summed E-state index contributed by atoms with van der Waals surface area (Å²) in [6, 6.07) is 10.4. The number of alkyl halides is 1. The molecule has 228 valence electrons. The molecule has 7 aliphatic rings. The van der Waals surface area contributed by atoms with Crippen LogP contribution in [0.25, 0.3) is 11.4 Å². The van der Waals surface area contributed by atoms with Crippen molar-refractivity contribution in [2.24, 2.45) is 17.9 Å². The number of hydrogen-bond donors (Lipinski definition) is 0. The first-order chi connectivity index (χ1) is 20.4. The van der Waals surface area contributed by atoms with Crippen LogP contribution in [0.4, 0.5) is 10.1 Å². The number of aryl methyl sites for hydroxylation is 1. The van der Waals surface area contributed by atoms with Crippen molar-refractivity contribution in [2.75, 3.05) is 11.4 Å². The number of benzene rings is 1. The maximum atomic E-state index is 14.4. The molecule has 1 amide bonds. The largest absolute Gasteiger partial charge is 0.338 e. The smallest absolute Gasteiger partial charge is 0.232 e. The van der Waals surface area contributed by atoms with E-state index in [1.807, 2.05) is 29.2 Å². The van der Waals surface area contributed by atoms with Crippen molar-refractivity contribution < 1.29 is 13.7 Å². The maximum absolute atomic E-state index is 14.4. The van der Waals surface area contributed by atoms with Gasteiger partial charge in [0.05, 0.1) is 5.69 Å². The Hall–Kier alpha value is -3.03. The summed E-state index contributed by atoms with van der Waals surface area (Å²) in [5, 5.41) is 9.18. The number of aromatic nitrogens is 4. The summed E-state index contributed by atoms with van der Waals surface area (Å²) >= 11 is 0. The molecular weight excluding hydrogens is 541 g/mol. The van der Waals surface area contributed by atoms with Gasteiger partial charge in [-0.1, -0.05) is 38.1 Å². The fourth-order valence-electron chi connectivity index (χ4n) is 9.03. The summed E-state index contributed by atoms with van der Waals surface area (Å²) in [4.78, 5) is 20.9. The molecule has 0 saturated heterocycles. The van der Waals surface area contributed by atoms with Gasteiger partial charge in [0.25, 0.3) is 0 Å².